The SMILES string of the molecule is Cc1cnc(C2CC2)n1C1CCN(C(=O)c2cccc(C#N)c2)CC1. The van der Waals surface area contributed by atoms with Gasteiger partial charge >= 0.3 is 0 Å². The van der Waals surface area contributed by atoms with Crippen molar-refractivity contribution in [2.75, 3.05) is 13.1 Å². The molecular weight excluding hydrogens is 312 g/mol. The van der Waals surface area contributed by atoms with Crippen LogP contribution in [0.1, 0.15) is 65.1 Å². The van der Waals surface area contributed by atoms with E-state index in [0.717, 1.165) is 25.9 Å². The highest BCUT2D eigenvalue weighted by Gasteiger charge is 2.32. The van der Waals surface area contributed by atoms with E-state index < -0.39 is 0 Å². The van der Waals surface area contributed by atoms with Gasteiger partial charge in [0.05, 0.1) is 11.6 Å². The summed E-state index contributed by atoms with van der Waals surface area (Å²) in [5.74, 6) is 1.91. The number of rotatable bonds is 3. The molecule has 25 heavy (non-hydrogen) atoms. The van der Waals surface area contributed by atoms with Crippen molar-refractivity contribution in [3.63, 3.8) is 0 Å². The number of amides is 1. The van der Waals surface area contributed by atoms with Gasteiger partial charge in [0.15, 0.2) is 0 Å². The minimum absolute atomic E-state index is 0.0281. The number of benzene rings is 1. The van der Waals surface area contributed by atoms with Gasteiger partial charge in [-0.3, -0.25) is 4.79 Å². The van der Waals surface area contributed by atoms with Crippen LogP contribution >= 0.6 is 0 Å². The van der Waals surface area contributed by atoms with Gasteiger partial charge in [0, 0.05) is 42.5 Å². The maximum atomic E-state index is 12.7. The summed E-state index contributed by atoms with van der Waals surface area (Å²) in [6.07, 6.45) is 6.41. The number of aryl methyl sites for hydroxylation is 1. The molecule has 0 bridgehead atoms. The van der Waals surface area contributed by atoms with Gasteiger partial charge in [-0.25, -0.2) is 4.98 Å². The van der Waals surface area contributed by atoms with E-state index in [4.69, 9.17) is 5.26 Å². The number of nitrogens with zero attached hydrogens (tertiary/aromatic N) is 4. The third-order valence-corrected chi connectivity index (χ3v) is 5.31. The Balaban J connectivity index is 1.46. The van der Waals surface area contributed by atoms with Crippen molar-refractivity contribution < 1.29 is 4.79 Å². The van der Waals surface area contributed by atoms with E-state index in [1.54, 1.807) is 24.3 Å². The zero-order valence-corrected chi connectivity index (χ0v) is 14.5. The van der Waals surface area contributed by atoms with Crippen LogP contribution in [-0.2, 0) is 0 Å². The molecule has 0 atom stereocenters. The van der Waals surface area contributed by atoms with Crippen LogP contribution in [0.4, 0.5) is 0 Å². The van der Waals surface area contributed by atoms with Gasteiger partial charge in [-0.2, -0.15) is 5.26 Å². The summed E-state index contributed by atoms with van der Waals surface area (Å²) < 4.78 is 2.41. The lowest BCUT2D eigenvalue weighted by molar-refractivity contribution is 0.0693. The summed E-state index contributed by atoms with van der Waals surface area (Å²) in [6, 6.07) is 9.51. The minimum atomic E-state index is 0.0281. The molecule has 2 heterocycles. The van der Waals surface area contributed by atoms with E-state index in [0.29, 0.717) is 23.1 Å². The van der Waals surface area contributed by atoms with Gasteiger partial charge in [-0.15, -0.1) is 0 Å². The maximum absolute atomic E-state index is 12.7. The Labute approximate surface area is 147 Å². The molecule has 2 fully saturated rings. The number of carbonyl (C=O) groups is 1. The highest BCUT2D eigenvalue weighted by molar-refractivity contribution is 5.94. The first-order valence-electron chi connectivity index (χ1n) is 9.00. The lowest BCUT2D eigenvalue weighted by Gasteiger charge is -2.34. The zero-order chi connectivity index (χ0) is 17.4. The van der Waals surface area contributed by atoms with Crippen molar-refractivity contribution in [3.05, 3.63) is 53.1 Å². The largest absolute Gasteiger partial charge is 0.338 e. The summed E-state index contributed by atoms with van der Waals surface area (Å²) in [4.78, 5) is 19.2. The van der Waals surface area contributed by atoms with E-state index in [1.807, 2.05) is 11.1 Å². The second-order valence-corrected chi connectivity index (χ2v) is 7.12. The van der Waals surface area contributed by atoms with Crippen molar-refractivity contribution in [2.45, 2.75) is 44.6 Å². The van der Waals surface area contributed by atoms with Crippen LogP contribution in [0.5, 0.6) is 0 Å². The number of nitriles is 1. The second-order valence-electron chi connectivity index (χ2n) is 7.12. The van der Waals surface area contributed by atoms with Crippen LogP contribution in [0, 0.1) is 18.3 Å². The summed E-state index contributed by atoms with van der Waals surface area (Å²) in [5.41, 5.74) is 2.37. The molecule has 0 unspecified atom stereocenters. The monoisotopic (exact) mass is 334 g/mol. The molecule has 2 aliphatic rings. The fourth-order valence-electron chi connectivity index (χ4n) is 3.81. The van der Waals surface area contributed by atoms with Crippen molar-refractivity contribution in [1.29, 1.82) is 5.26 Å². The predicted octanol–water partition coefficient (Wildman–Crippen LogP) is 3.42. The Morgan fingerprint density at radius 1 is 1.24 bits per heavy atom. The quantitative estimate of drug-likeness (QED) is 0.864. The van der Waals surface area contributed by atoms with Gasteiger partial charge in [0.2, 0.25) is 0 Å². The lowest BCUT2D eigenvalue weighted by atomic mass is 10.0. The zero-order valence-electron chi connectivity index (χ0n) is 14.5. The van der Waals surface area contributed by atoms with Crippen LogP contribution in [0.15, 0.2) is 30.5 Å². The van der Waals surface area contributed by atoms with Crippen molar-refractivity contribution >= 4 is 5.91 Å². The number of piperidine rings is 1. The molecule has 5 heteroatoms. The van der Waals surface area contributed by atoms with Crippen LogP contribution in [0.2, 0.25) is 0 Å². The minimum Gasteiger partial charge on any atom is -0.338 e. The number of imidazole rings is 1. The van der Waals surface area contributed by atoms with E-state index in [2.05, 4.69) is 22.5 Å². The molecule has 1 saturated heterocycles. The van der Waals surface area contributed by atoms with Crippen LogP contribution < -0.4 is 0 Å². The molecule has 4 rings (SSSR count). The highest BCUT2D eigenvalue weighted by atomic mass is 16.2. The van der Waals surface area contributed by atoms with Gasteiger partial charge in [0.1, 0.15) is 5.82 Å². The molecule has 1 amide bonds. The normalized spacial score (nSPS) is 18.2. The lowest BCUT2D eigenvalue weighted by Crippen LogP contribution is -2.39. The van der Waals surface area contributed by atoms with Gasteiger partial charge in [-0.1, -0.05) is 6.07 Å². The fourth-order valence-corrected chi connectivity index (χ4v) is 3.81. The molecule has 0 N–H and O–H groups in total. The molecule has 1 aliphatic carbocycles. The Bertz CT molecular complexity index is 836. The molecule has 1 aromatic carbocycles. The molecule has 0 spiro atoms. The van der Waals surface area contributed by atoms with Crippen LogP contribution in [-0.4, -0.2) is 33.4 Å². The number of carbonyl (C=O) groups excluding carboxylic acids is 1. The average molecular weight is 334 g/mol. The van der Waals surface area contributed by atoms with Crippen molar-refractivity contribution in [3.8, 4) is 6.07 Å². The molecule has 1 aromatic heterocycles. The summed E-state index contributed by atoms with van der Waals surface area (Å²) >= 11 is 0. The molecular formula is C20H22N4O. The van der Waals surface area contributed by atoms with E-state index in [1.165, 1.54) is 24.4 Å². The molecule has 128 valence electrons. The molecule has 1 saturated carbocycles. The Kier molecular flexibility index (Phi) is 4.04. The molecule has 5 nitrogen and oxygen atoms in total. The average Bonchev–Trinajstić information content (AvgIpc) is 3.43. The van der Waals surface area contributed by atoms with Crippen LogP contribution in [0.25, 0.3) is 0 Å². The molecule has 0 radical (unpaired) electrons. The number of hydrogen-bond donors (Lipinski definition) is 0. The first-order chi connectivity index (χ1) is 12.2. The van der Waals surface area contributed by atoms with E-state index >= 15 is 0 Å². The van der Waals surface area contributed by atoms with Gasteiger partial charge < -0.3 is 9.47 Å². The van der Waals surface area contributed by atoms with Crippen molar-refractivity contribution in [2.24, 2.45) is 0 Å². The Morgan fingerprint density at radius 2 is 2.00 bits per heavy atom. The summed E-state index contributed by atoms with van der Waals surface area (Å²) in [5, 5.41) is 9.01. The second kappa shape index (κ2) is 6.36. The smallest absolute Gasteiger partial charge is 0.253 e. The first kappa shape index (κ1) is 15.9. The summed E-state index contributed by atoms with van der Waals surface area (Å²) in [6.45, 7) is 3.63. The van der Waals surface area contributed by atoms with Gasteiger partial charge in [0.25, 0.3) is 5.91 Å². The van der Waals surface area contributed by atoms with E-state index in [-0.39, 0.29) is 5.91 Å². The molecule has 2 aromatic rings. The van der Waals surface area contributed by atoms with E-state index in [9.17, 15) is 4.79 Å². The number of aromatic nitrogens is 2. The number of likely N-dealkylation sites (tertiary alicyclic amines) is 1. The Morgan fingerprint density at radius 3 is 2.68 bits per heavy atom. The predicted molar refractivity (Wildman–Crippen MR) is 94.3 cm³/mol. The van der Waals surface area contributed by atoms with Crippen LogP contribution in [0.3, 0.4) is 0 Å². The highest BCUT2D eigenvalue weighted by Crippen LogP contribution is 2.41. The third-order valence-electron chi connectivity index (χ3n) is 5.31. The maximum Gasteiger partial charge on any atom is 0.253 e. The topological polar surface area (TPSA) is 61.9 Å². The third kappa shape index (κ3) is 3.05. The standard InChI is InChI=1S/C20H22N4O/c1-14-13-22-19(16-5-6-16)24(14)18-7-9-23(10-8-18)20(25)17-4-2-3-15(11-17)12-21/h2-4,11,13,16,18H,5-10H2,1H3. The molecule has 1 aliphatic heterocycles. The van der Waals surface area contributed by atoms with Crippen molar-refractivity contribution in [1.82, 2.24) is 14.5 Å². The first-order valence-corrected chi connectivity index (χ1v) is 9.00. The van der Waals surface area contributed by atoms with Gasteiger partial charge in [-0.05, 0) is 50.8 Å². The fraction of sp³-hybridized carbons (Fsp3) is 0.450. The number of hydrogen-bond acceptors (Lipinski definition) is 3. The Hall–Kier alpha value is -2.61. The summed E-state index contributed by atoms with van der Waals surface area (Å²) in [7, 11) is 0.